The zero-order chi connectivity index (χ0) is 17.7. The molecule has 0 bridgehead atoms. The van der Waals surface area contributed by atoms with E-state index in [-0.39, 0.29) is 10.7 Å². The van der Waals surface area contributed by atoms with Gasteiger partial charge in [0.15, 0.2) is 5.65 Å². The van der Waals surface area contributed by atoms with Gasteiger partial charge in [-0.1, -0.05) is 23.7 Å². The van der Waals surface area contributed by atoms with Crippen molar-refractivity contribution < 1.29 is 8.78 Å². The lowest BCUT2D eigenvalue weighted by Crippen LogP contribution is -2.00. The third-order valence-electron chi connectivity index (χ3n) is 4.20. The number of hydrogen-bond donors (Lipinski definition) is 0. The van der Waals surface area contributed by atoms with Crippen LogP contribution < -0.4 is 0 Å². The predicted octanol–water partition coefficient (Wildman–Crippen LogP) is 5.27. The Kier molecular flexibility index (Phi) is 3.45. The van der Waals surface area contributed by atoms with Gasteiger partial charge in [-0.25, -0.2) is 13.8 Å². The van der Waals surface area contributed by atoms with Crippen molar-refractivity contribution in [2.45, 2.75) is 6.92 Å². The van der Waals surface area contributed by atoms with Crippen LogP contribution in [0.15, 0.2) is 42.5 Å². The Bertz CT molecular complexity index is 1180. The monoisotopic (exact) mass is 353 g/mol. The van der Waals surface area contributed by atoms with Crippen molar-refractivity contribution in [3.05, 3.63) is 70.4 Å². The molecule has 25 heavy (non-hydrogen) atoms. The quantitative estimate of drug-likeness (QED) is 0.438. The van der Waals surface area contributed by atoms with Crippen molar-refractivity contribution in [3.8, 4) is 17.2 Å². The minimum Gasteiger partial charge on any atom is -0.281 e. The first-order valence-corrected chi connectivity index (χ1v) is 7.85. The number of halogens is 3. The molecule has 3 nitrogen and oxygen atoms in total. The molecule has 0 atom stereocenters. The van der Waals surface area contributed by atoms with E-state index in [2.05, 4.69) is 11.1 Å². The average molecular weight is 354 g/mol. The molecule has 0 fully saturated rings. The SMILES string of the molecule is Cc1c(-c2cc(F)cc(F)c2)c(Cl)n2c(nc3ccccc32)c1C#N. The number of nitrogens with zero attached hydrogens (tertiary/aromatic N) is 3. The summed E-state index contributed by atoms with van der Waals surface area (Å²) in [5.41, 5.74) is 3.36. The van der Waals surface area contributed by atoms with E-state index in [1.54, 1.807) is 11.3 Å². The van der Waals surface area contributed by atoms with Gasteiger partial charge in [-0.05, 0) is 42.3 Å². The van der Waals surface area contributed by atoms with E-state index in [0.717, 1.165) is 11.6 Å². The highest BCUT2D eigenvalue weighted by Crippen LogP contribution is 2.37. The van der Waals surface area contributed by atoms with E-state index in [0.29, 0.717) is 27.9 Å². The smallest absolute Gasteiger partial charge is 0.157 e. The Hall–Kier alpha value is -2.97. The van der Waals surface area contributed by atoms with Crippen LogP contribution in [0.5, 0.6) is 0 Å². The van der Waals surface area contributed by atoms with Crippen LogP contribution in [0.2, 0.25) is 5.15 Å². The molecule has 4 aromatic rings. The van der Waals surface area contributed by atoms with Gasteiger partial charge in [0, 0.05) is 11.6 Å². The first-order chi connectivity index (χ1) is 12.0. The van der Waals surface area contributed by atoms with E-state index in [1.807, 2.05) is 24.3 Å². The molecule has 0 unspecified atom stereocenters. The van der Waals surface area contributed by atoms with Gasteiger partial charge in [-0.3, -0.25) is 4.40 Å². The minimum atomic E-state index is -0.709. The Morgan fingerprint density at radius 2 is 1.80 bits per heavy atom. The summed E-state index contributed by atoms with van der Waals surface area (Å²) in [6, 6.07) is 12.6. The van der Waals surface area contributed by atoms with Crippen molar-refractivity contribution in [3.63, 3.8) is 0 Å². The average Bonchev–Trinajstić information content (AvgIpc) is 2.93. The lowest BCUT2D eigenvalue weighted by molar-refractivity contribution is 0.584. The Balaban J connectivity index is 2.22. The lowest BCUT2D eigenvalue weighted by Gasteiger charge is -2.13. The number of aromatic nitrogens is 2. The number of para-hydroxylation sites is 2. The standard InChI is InChI=1S/C19H10ClF2N3/c1-10-14(9-23)19-24-15-4-2-3-5-16(15)25(19)18(20)17(10)11-6-12(21)8-13(22)7-11/h2-8H,1H3. The van der Waals surface area contributed by atoms with Crippen molar-refractivity contribution >= 4 is 28.3 Å². The first kappa shape index (κ1) is 15.6. The molecule has 0 aliphatic carbocycles. The van der Waals surface area contributed by atoms with Gasteiger partial charge < -0.3 is 0 Å². The number of fused-ring (bicyclic) bond motifs is 3. The molecule has 2 aromatic carbocycles. The number of imidazole rings is 1. The second-order valence-corrected chi connectivity index (χ2v) is 6.05. The summed E-state index contributed by atoms with van der Waals surface area (Å²) in [7, 11) is 0. The fraction of sp³-hybridized carbons (Fsp3) is 0.0526. The molecule has 0 N–H and O–H groups in total. The summed E-state index contributed by atoms with van der Waals surface area (Å²) in [5.74, 6) is -1.42. The van der Waals surface area contributed by atoms with E-state index < -0.39 is 11.6 Å². The fourth-order valence-corrected chi connectivity index (χ4v) is 3.54. The summed E-state index contributed by atoms with van der Waals surface area (Å²) in [5, 5.41) is 9.87. The molecule has 0 aliphatic rings. The normalized spacial score (nSPS) is 11.2. The van der Waals surface area contributed by atoms with Crippen LogP contribution in [-0.2, 0) is 0 Å². The van der Waals surface area contributed by atoms with Gasteiger partial charge in [-0.15, -0.1) is 0 Å². The van der Waals surface area contributed by atoms with Crippen LogP contribution in [0.3, 0.4) is 0 Å². The number of nitriles is 1. The van der Waals surface area contributed by atoms with Crippen LogP contribution in [0, 0.1) is 29.9 Å². The van der Waals surface area contributed by atoms with Crippen LogP contribution in [-0.4, -0.2) is 9.38 Å². The third kappa shape index (κ3) is 2.26. The molecule has 0 amide bonds. The Morgan fingerprint density at radius 1 is 1.12 bits per heavy atom. The fourth-order valence-electron chi connectivity index (χ4n) is 3.12. The molecule has 0 aliphatic heterocycles. The highest BCUT2D eigenvalue weighted by molar-refractivity contribution is 6.33. The molecular formula is C19H10ClF2N3. The van der Waals surface area contributed by atoms with Crippen LogP contribution in [0.25, 0.3) is 27.8 Å². The molecular weight excluding hydrogens is 344 g/mol. The van der Waals surface area contributed by atoms with Gasteiger partial charge in [0.2, 0.25) is 0 Å². The summed E-state index contributed by atoms with van der Waals surface area (Å²) < 4.78 is 29.0. The molecule has 6 heteroatoms. The molecule has 4 rings (SSSR count). The maximum atomic E-state index is 13.7. The molecule has 2 aromatic heterocycles. The van der Waals surface area contributed by atoms with E-state index >= 15 is 0 Å². The number of benzene rings is 2. The molecule has 2 heterocycles. The van der Waals surface area contributed by atoms with E-state index in [1.165, 1.54) is 12.1 Å². The largest absolute Gasteiger partial charge is 0.281 e. The third-order valence-corrected chi connectivity index (χ3v) is 4.56. The minimum absolute atomic E-state index is 0.255. The van der Waals surface area contributed by atoms with Crippen LogP contribution in [0.1, 0.15) is 11.1 Å². The zero-order valence-corrected chi connectivity index (χ0v) is 13.8. The first-order valence-electron chi connectivity index (χ1n) is 7.47. The number of hydrogen-bond acceptors (Lipinski definition) is 2. The molecule has 0 spiro atoms. The van der Waals surface area contributed by atoms with Crippen molar-refractivity contribution in [2.24, 2.45) is 0 Å². The summed E-state index contributed by atoms with van der Waals surface area (Å²) in [6.45, 7) is 1.70. The molecule has 0 radical (unpaired) electrons. The van der Waals surface area contributed by atoms with Gasteiger partial charge in [-0.2, -0.15) is 5.26 Å². The van der Waals surface area contributed by atoms with Gasteiger partial charge in [0.25, 0.3) is 0 Å². The van der Waals surface area contributed by atoms with Gasteiger partial charge in [0.05, 0.1) is 16.6 Å². The van der Waals surface area contributed by atoms with Gasteiger partial charge >= 0.3 is 0 Å². The van der Waals surface area contributed by atoms with E-state index in [4.69, 9.17) is 11.6 Å². The predicted molar refractivity (Wildman–Crippen MR) is 92.5 cm³/mol. The second-order valence-electron chi connectivity index (χ2n) is 5.70. The van der Waals surface area contributed by atoms with Crippen molar-refractivity contribution in [2.75, 3.05) is 0 Å². The maximum absolute atomic E-state index is 13.7. The second kappa shape index (κ2) is 5.54. The molecule has 0 saturated heterocycles. The topological polar surface area (TPSA) is 41.1 Å². The Morgan fingerprint density at radius 3 is 2.48 bits per heavy atom. The summed E-state index contributed by atoms with van der Waals surface area (Å²) in [4.78, 5) is 4.49. The highest BCUT2D eigenvalue weighted by atomic mass is 35.5. The molecule has 0 saturated carbocycles. The number of pyridine rings is 1. The van der Waals surface area contributed by atoms with Crippen LogP contribution >= 0.6 is 11.6 Å². The van der Waals surface area contributed by atoms with Crippen molar-refractivity contribution in [1.82, 2.24) is 9.38 Å². The summed E-state index contributed by atoms with van der Waals surface area (Å²) >= 11 is 6.60. The lowest BCUT2D eigenvalue weighted by atomic mass is 9.99. The van der Waals surface area contributed by atoms with E-state index in [9.17, 15) is 14.0 Å². The Labute approximate surface area is 146 Å². The van der Waals surface area contributed by atoms with Gasteiger partial charge in [0.1, 0.15) is 22.9 Å². The van der Waals surface area contributed by atoms with Crippen LogP contribution in [0.4, 0.5) is 8.78 Å². The molecule has 122 valence electrons. The summed E-state index contributed by atoms with van der Waals surface area (Å²) in [6.07, 6.45) is 0. The maximum Gasteiger partial charge on any atom is 0.157 e. The highest BCUT2D eigenvalue weighted by Gasteiger charge is 2.21. The number of rotatable bonds is 1. The zero-order valence-electron chi connectivity index (χ0n) is 13.0. The van der Waals surface area contributed by atoms with Crippen molar-refractivity contribution in [1.29, 1.82) is 5.26 Å².